The van der Waals surface area contributed by atoms with E-state index in [2.05, 4.69) is 153 Å². The Morgan fingerprint density at radius 3 is 1.20 bits per heavy atom. The van der Waals surface area contributed by atoms with Crippen molar-refractivity contribution in [3.05, 3.63) is 193 Å². The highest BCUT2D eigenvalue weighted by atomic mass is 15.0. The molecule has 2 heterocycles. The molecule has 9 aromatic rings. The molecule has 0 saturated heterocycles. The lowest BCUT2D eigenvalue weighted by Crippen LogP contribution is -2.02. The van der Waals surface area contributed by atoms with Gasteiger partial charge in [-0.3, -0.25) is 0 Å². The average molecular weight is 697 g/mol. The van der Waals surface area contributed by atoms with Crippen LogP contribution in [-0.2, 0) is 0 Å². The summed E-state index contributed by atoms with van der Waals surface area (Å²) in [6, 6.07) is 58.6. The second kappa shape index (κ2) is 13.9. The first-order valence-electron chi connectivity index (χ1n) is 17.9. The van der Waals surface area contributed by atoms with Crippen molar-refractivity contribution in [1.29, 1.82) is 10.8 Å². The molecule has 0 saturated carbocycles. The molecule has 7 aromatic carbocycles. The zero-order chi connectivity index (χ0) is 36.4. The van der Waals surface area contributed by atoms with Gasteiger partial charge in [-0.05, 0) is 94.7 Å². The summed E-state index contributed by atoms with van der Waals surface area (Å²) in [5.74, 6) is 0. The lowest BCUT2D eigenvalue weighted by Gasteiger charge is -2.21. The van der Waals surface area contributed by atoms with Crippen LogP contribution in [0.2, 0.25) is 0 Å². The molecule has 0 amide bonds. The van der Waals surface area contributed by atoms with E-state index < -0.39 is 0 Å². The van der Waals surface area contributed by atoms with E-state index in [0.717, 1.165) is 78.5 Å². The fourth-order valence-electron chi connectivity index (χ4n) is 7.27. The topological polar surface area (TPSA) is 81.6 Å². The molecule has 6 nitrogen and oxygen atoms in total. The van der Waals surface area contributed by atoms with Crippen molar-refractivity contribution in [3.63, 3.8) is 0 Å². The number of fused-ring (bicyclic) bond motifs is 2. The number of benzene rings is 7. The Hall–Kier alpha value is -7.44. The van der Waals surface area contributed by atoms with E-state index in [-0.39, 0.29) is 0 Å². The van der Waals surface area contributed by atoms with Gasteiger partial charge in [0.1, 0.15) is 0 Å². The molecular formula is C48H36N6. The molecule has 0 radical (unpaired) electrons. The van der Waals surface area contributed by atoms with Crippen LogP contribution < -0.4 is 10.6 Å². The first-order valence-corrected chi connectivity index (χ1v) is 17.9. The van der Waals surface area contributed by atoms with Crippen LogP contribution in [0.4, 0.5) is 22.7 Å². The molecule has 6 heteroatoms. The fourth-order valence-corrected chi connectivity index (χ4v) is 7.27. The summed E-state index contributed by atoms with van der Waals surface area (Å²) in [6.45, 7) is 0. The SMILES string of the molecule is N=Cc1ccccc1Nc1cc(-c2ccc(-n3ccc4ccccc43)cc2)c(Nc2ccccc2C=N)cc1-c1ccc(-n2ccc3ccccc32)cc1. The van der Waals surface area contributed by atoms with E-state index in [0.29, 0.717) is 0 Å². The van der Waals surface area contributed by atoms with Gasteiger partial charge in [-0.2, -0.15) is 0 Å². The van der Waals surface area contributed by atoms with Crippen LogP contribution in [0.1, 0.15) is 11.1 Å². The second-order valence-electron chi connectivity index (χ2n) is 13.2. The van der Waals surface area contributed by atoms with Crippen molar-refractivity contribution in [2.24, 2.45) is 0 Å². The molecule has 2 aromatic heterocycles. The minimum absolute atomic E-state index is 0.797. The smallest absolute Gasteiger partial charge is 0.0528 e. The summed E-state index contributed by atoms with van der Waals surface area (Å²) in [5.41, 5.74) is 13.6. The first kappa shape index (κ1) is 32.5. The van der Waals surface area contributed by atoms with Crippen molar-refractivity contribution in [3.8, 4) is 33.6 Å². The van der Waals surface area contributed by atoms with Crippen LogP contribution in [0.3, 0.4) is 0 Å². The summed E-state index contributed by atoms with van der Waals surface area (Å²) < 4.78 is 4.42. The lowest BCUT2D eigenvalue weighted by molar-refractivity contribution is 1.13. The Bertz CT molecular complexity index is 2610. The van der Waals surface area contributed by atoms with Gasteiger partial charge < -0.3 is 30.6 Å². The van der Waals surface area contributed by atoms with Crippen molar-refractivity contribution in [2.45, 2.75) is 0 Å². The van der Waals surface area contributed by atoms with Gasteiger partial charge in [-0.15, -0.1) is 0 Å². The van der Waals surface area contributed by atoms with Crippen molar-refractivity contribution < 1.29 is 0 Å². The summed E-state index contributed by atoms with van der Waals surface area (Å²) >= 11 is 0. The molecule has 0 aliphatic rings. The molecule has 0 aliphatic carbocycles. The number of nitrogens with one attached hydrogen (secondary N) is 4. The minimum Gasteiger partial charge on any atom is -0.354 e. The van der Waals surface area contributed by atoms with Crippen LogP contribution in [0.25, 0.3) is 55.4 Å². The maximum Gasteiger partial charge on any atom is 0.0528 e. The van der Waals surface area contributed by atoms with Gasteiger partial charge in [0.05, 0.1) is 11.0 Å². The van der Waals surface area contributed by atoms with E-state index in [1.807, 2.05) is 48.5 Å². The van der Waals surface area contributed by atoms with Crippen LogP contribution in [0.15, 0.2) is 182 Å². The number of aromatic nitrogens is 2. The maximum absolute atomic E-state index is 8.12. The molecule has 0 aliphatic heterocycles. The zero-order valence-corrected chi connectivity index (χ0v) is 29.4. The molecule has 9 rings (SSSR count). The van der Waals surface area contributed by atoms with Gasteiger partial charge in [0.15, 0.2) is 0 Å². The maximum atomic E-state index is 8.12. The van der Waals surface area contributed by atoms with Crippen molar-refractivity contribution in [1.82, 2.24) is 9.13 Å². The molecule has 0 bridgehead atoms. The standard InChI is InChI=1S/C48H36N6/c49-31-37-11-1-5-13-43(37)51-45-29-42(34-19-23-40(24-20-34)54-28-26-36-10-4-8-16-48(36)54)46(52-44-14-6-2-12-38(44)32-50)30-41(45)33-17-21-39(22-18-33)53-27-25-35-9-3-7-15-47(35)53/h1-32,49-52H. The van der Waals surface area contributed by atoms with Crippen LogP contribution in [0.5, 0.6) is 0 Å². The summed E-state index contributed by atoms with van der Waals surface area (Å²) in [5, 5.41) is 26.1. The number of nitrogens with zero attached hydrogens (tertiary/aromatic N) is 2. The van der Waals surface area contributed by atoms with Crippen molar-refractivity contribution >= 4 is 57.0 Å². The minimum atomic E-state index is 0.797. The molecule has 0 atom stereocenters. The van der Waals surface area contributed by atoms with Gasteiger partial charge in [0, 0.05) is 81.2 Å². The Morgan fingerprint density at radius 1 is 0.389 bits per heavy atom. The third kappa shape index (κ3) is 6.02. The van der Waals surface area contributed by atoms with Gasteiger partial charge in [0.2, 0.25) is 0 Å². The quantitative estimate of drug-likeness (QED) is 0.107. The monoisotopic (exact) mass is 696 g/mol. The molecule has 258 valence electrons. The Labute approximate surface area is 313 Å². The molecule has 0 unspecified atom stereocenters. The van der Waals surface area contributed by atoms with Gasteiger partial charge >= 0.3 is 0 Å². The van der Waals surface area contributed by atoms with E-state index in [9.17, 15) is 0 Å². The number of hydrogen-bond acceptors (Lipinski definition) is 4. The number of anilines is 4. The summed E-state index contributed by atoms with van der Waals surface area (Å²) in [6.07, 6.45) is 6.99. The summed E-state index contributed by atoms with van der Waals surface area (Å²) in [7, 11) is 0. The summed E-state index contributed by atoms with van der Waals surface area (Å²) in [4.78, 5) is 0. The normalized spacial score (nSPS) is 11.1. The second-order valence-corrected chi connectivity index (χ2v) is 13.2. The fraction of sp³-hybridized carbons (Fsp3) is 0. The van der Waals surface area contributed by atoms with Gasteiger partial charge in [0.25, 0.3) is 0 Å². The average Bonchev–Trinajstić information content (AvgIpc) is 3.87. The molecule has 0 spiro atoms. The van der Waals surface area contributed by atoms with E-state index in [4.69, 9.17) is 10.8 Å². The Morgan fingerprint density at radius 2 is 0.778 bits per heavy atom. The van der Waals surface area contributed by atoms with E-state index >= 15 is 0 Å². The highest BCUT2D eigenvalue weighted by Gasteiger charge is 2.17. The third-order valence-corrected chi connectivity index (χ3v) is 10.0. The largest absolute Gasteiger partial charge is 0.354 e. The highest BCUT2D eigenvalue weighted by molar-refractivity contribution is 5.97. The van der Waals surface area contributed by atoms with Gasteiger partial charge in [-0.1, -0.05) is 97.1 Å². The van der Waals surface area contributed by atoms with E-state index in [1.54, 1.807) is 0 Å². The molecule has 4 N–H and O–H groups in total. The lowest BCUT2D eigenvalue weighted by atomic mass is 9.95. The Balaban J connectivity index is 1.20. The molecular weight excluding hydrogens is 661 g/mol. The number of hydrogen-bond donors (Lipinski definition) is 4. The first-order chi connectivity index (χ1) is 26.7. The van der Waals surface area contributed by atoms with Crippen LogP contribution >= 0.6 is 0 Å². The highest BCUT2D eigenvalue weighted by Crippen LogP contribution is 2.42. The zero-order valence-electron chi connectivity index (χ0n) is 29.4. The third-order valence-electron chi connectivity index (χ3n) is 10.0. The van der Waals surface area contributed by atoms with Crippen LogP contribution in [-0.4, -0.2) is 21.6 Å². The predicted octanol–water partition coefficient (Wildman–Crippen LogP) is 12.4. The number of rotatable bonds is 10. The molecule has 0 fully saturated rings. The van der Waals surface area contributed by atoms with Crippen LogP contribution in [0, 0.1) is 10.8 Å². The van der Waals surface area contributed by atoms with Gasteiger partial charge in [-0.25, -0.2) is 0 Å². The predicted molar refractivity (Wildman–Crippen MR) is 226 cm³/mol. The van der Waals surface area contributed by atoms with Crippen molar-refractivity contribution in [2.75, 3.05) is 10.6 Å². The van der Waals surface area contributed by atoms with E-state index in [1.165, 1.54) is 23.2 Å². The molecule has 54 heavy (non-hydrogen) atoms. The Kier molecular flexibility index (Phi) is 8.38. The number of para-hydroxylation sites is 4.